The van der Waals surface area contributed by atoms with Gasteiger partial charge in [-0.25, -0.2) is 9.67 Å². The molecule has 6 nitrogen and oxygen atoms in total. The summed E-state index contributed by atoms with van der Waals surface area (Å²) in [6, 6.07) is 6.11. The van der Waals surface area contributed by atoms with Crippen molar-refractivity contribution in [2.24, 2.45) is 10.9 Å². The Labute approximate surface area is 173 Å². The first-order valence-corrected chi connectivity index (χ1v) is 8.92. The zero-order chi connectivity index (χ0) is 18.2. The number of halogens is 1. The van der Waals surface area contributed by atoms with Crippen LogP contribution in [-0.2, 0) is 6.54 Å². The Morgan fingerprint density at radius 3 is 2.54 bits per heavy atom. The molecule has 0 aliphatic rings. The van der Waals surface area contributed by atoms with E-state index in [4.69, 9.17) is 0 Å². The highest BCUT2D eigenvalue weighted by Crippen LogP contribution is 2.10. The highest BCUT2D eigenvalue weighted by atomic mass is 127. The minimum atomic E-state index is 0. The molecule has 0 aromatic carbocycles. The third kappa shape index (κ3) is 6.93. The van der Waals surface area contributed by atoms with Gasteiger partial charge in [0.1, 0.15) is 0 Å². The van der Waals surface area contributed by atoms with Gasteiger partial charge < -0.3 is 10.6 Å². The van der Waals surface area contributed by atoms with Crippen LogP contribution in [0, 0.1) is 19.8 Å². The van der Waals surface area contributed by atoms with E-state index in [1.807, 2.05) is 36.9 Å². The second-order valence-corrected chi connectivity index (χ2v) is 6.75. The molecule has 2 N–H and O–H groups in total. The lowest BCUT2D eigenvalue weighted by Crippen LogP contribution is -2.37. The van der Waals surface area contributed by atoms with Crippen LogP contribution in [0.3, 0.4) is 0 Å². The average Bonchev–Trinajstić information content (AvgIpc) is 2.93. The molecule has 144 valence electrons. The summed E-state index contributed by atoms with van der Waals surface area (Å²) in [5, 5.41) is 11.1. The van der Waals surface area contributed by atoms with Crippen LogP contribution in [-0.4, -0.2) is 34.3 Å². The predicted molar refractivity (Wildman–Crippen MR) is 119 cm³/mol. The summed E-state index contributed by atoms with van der Waals surface area (Å²) in [5.74, 6) is 2.40. The van der Waals surface area contributed by atoms with Crippen LogP contribution >= 0.6 is 24.0 Å². The molecule has 0 atom stereocenters. The van der Waals surface area contributed by atoms with Gasteiger partial charge in [0.05, 0.1) is 5.69 Å². The zero-order valence-corrected chi connectivity index (χ0v) is 18.7. The molecule has 2 aromatic heterocycles. The van der Waals surface area contributed by atoms with E-state index in [-0.39, 0.29) is 24.0 Å². The summed E-state index contributed by atoms with van der Waals surface area (Å²) in [6.07, 6.45) is 4.25. The van der Waals surface area contributed by atoms with Gasteiger partial charge in [0, 0.05) is 32.0 Å². The van der Waals surface area contributed by atoms with Crippen molar-refractivity contribution in [1.29, 1.82) is 0 Å². The fourth-order valence-corrected chi connectivity index (χ4v) is 2.63. The van der Waals surface area contributed by atoms with Gasteiger partial charge >= 0.3 is 0 Å². The molecule has 0 spiro atoms. The lowest BCUT2D eigenvalue weighted by atomic mass is 10.1. The summed E-state index contributed by atoms with van der Waals surface area (Å²) in [4.78, 5) is 8.78. The van der Waals surface area contributed by atoms with E-state index in [0.29, 0.717) is 6.54 Å². The first-order chi connectivity index (χ1) is 12.0. The molecule has 0 amide bonds. The standard InChI is InChI=1S/C19H30N6.HI/c1-14(2)7-6-10-21-19(20-5)23-13-17-8-9-18(22-12-17)25-16(4)11-15(3)24-25;/h8-9,11-12,14H,6-7,10,13H2,1-5H3,(H2,20,21,23);1H. The molecule has 0 fully saturated rings. The van der Waals surface area contributed by atoms with E-state index in [0.717, 1.165) is 47.6 Å². The van der Waals surface area contributed by atoms with Crippen molar-refractivity contribution < 1.29 is 0 Å². The van der Waals surface area contributed by atoms with Crippen LogP contribution in [0.1, 0.15) is 43.6 Å². The molecule has 0 saturated heterocycles. The normalized spacial score (nSPS) is 11.4. The van der Waals surface area contributed by atoms with Gasteiger partial charge in [-0.3, -0.25) is 4.99 Å². The number of aryl methyl sites for hydroxylation is 2. The lowest BCUT2D eigenvalue weighted by molar-refractivity contribution is 0.549. The van der Waals surface area contributed by atoms with Crippen LogP contribution in [0.2, 0.25) is 0 Å². The molecule has 26 heavy (non-hydrogen) atoms. The highest BCUT2D eigenvalue weighted by Gasteiger charge is 2.05. The molecular formula is C19H31IN6. The molecule has 7 heteroatoms. The van der Waals surface area contributed by atoms with Crippen molar-refractivity contribution in [2.75, 3.05) is 13.6 Å². The second kappa shape index (κ2) is 11.2. The molecule has 0 radical (unpaired) electrons. The summed E-state index contributed by atoms with van der Waals surface area (Å²) in [5.41, 5.74) is 3.19. The van der Waals surface area contributed by atoms with Gasteiger partial charge in [-0.05, 0) is 50.3 Å². The van der Waals surface area contributed by atoms with E-state index >= 15 is 0 Å². The molecule has 0 aliphatic heterocycles. The number of pyridine rings is 1. The van der Waals surface area contributed by atoms with E-state index < -0.39 is 0 Å². The van der Waals surface area contributed by atoms with Gasteiger partial charge in [0.25, 0.3) is 0 Å². The number of nitrogens with one attached hydrogen (secondary N) is 2. The van der Waals surface area contributed by atoms with Gasteiger partial charge in [0.2, 0.25) is 0 Å². The van der Waals surface area contributed by atoms with Gasteiger partial charge in [0.15, 0.2) is 11.8 Å². The van der Waals surface area contributed by atoms with Crippen molar-refractivity contribution in [3.63, 3.8) is 0 Å². The van der Waals surface area contributed by atoms with Gasteiger partial charge in [-0.2, -0.15) is 5.10 Å². The van der Waals surface area contributed by atoms with Crippen molar-refractivity contribution >= 4 is 29.9 Å². The van der Waals surface area contributed by atoms with Crippen LogP contribution < -0.4 is 10.6 Å². The summed E-state index contributed by atoms with van der Waals surface area (Å²) in [7, 11) is 1.79. The maximum absolute atomic E-state index is 4.52. The lowest BCUT2D eigenvalue weighted by Gasteiger charge is -2.12. The molecule has 0 bridgehead atoms. The number of aromatic nitrogens is 3. The quantitative estimate of drug-likeness (QED) is 0.281. The topological polar surface area (TPSA) is 67.1 Å². The number of guanidine groups is 1. The molecule has 0 aliphatic carbocycles. The maximum atomic E-state index is 4.52. The molecule has 2 aromatic rings. The largest absolute Gasteiger partial charge is 0.356 e. The number of nitrogens with zero attached hydrogens (tertiary/aromatic N) is 4. The average molecular weight is 470 g/mol. The SMILES string of the molecule is CN=C(NCCCC(C)C)NCc1ccc(-n2nc(C)cc2C)nc1.I. The Morgan fingerprint density at radius 2 is 2.00 bits per heavy atom. The van der Waals surface area contributed by atoms with Crippen molar-refractivity contribution in [1.82, 2.24) is 25.4 Å². The fraction of sp³-hybridized carbons (Fsp3) is 0.526. The molecule has 2 rings (SSSR count). The molecule has 2 heterocycles. The van der Waals surface area contributed by atoms with Crippen molar-refractivity contribution in [3.8, 4) is 5.82 Å². The Hall–Kier alpha value is -1.64. The summed E-state index contributed by atoms with van der Waals surface area (Å²) < 4.78 is 1.86. The third-order valence-corrected chi connectivity index (χ3v) is 3.97. The Kier molecular flexibility index (Phi) is 9.61. The minimum absolute atomic E-state index is 0. The predicted octanol–water partition coefficient (Wildman–Crippen LogP) is 3.60. The van der Waals surface area contributed by atoms with Crippen LogP contribution in [0.15, 0.2) is 29.4 Å². The Balaban J connectivity index is 0.00000338. The first kappa shape index (κ1) is 22.4. The van der Waals surface area contributed by atoms with E-state index in [9.17, 15) is 0 Å². The number of aliphatic imine (C=N–C) groups is 1. The molecule has 0 unspecified atom stereocenters. The zero-order valence-electron chi connectivity index (χ0n) is 16.4. The van der Waals surface area contributed by atoms with E-state index in [2.05, 4.69) is 45.6 Å². The third-order valence-electron chi connectivity index (χ3n) is 3.97. The van der Waals surface area contributed by atoms with Crippen LogP contribution in [0.4, 0.5) is 0 Å². The van der Waals surface area contributed by atoms with E-state index in [1.54, 1.807) is 7.05 Å². The summed E-state index contributed by atoms with van der Waals surface area (Å²) >= 11 is 0. The smallest absolute Gasteiger partial charge is 0.191 e. The van der Waals surface area contributed by atoms with E-state index in [1.165, 1.54) is 6.42 Å². The highest BCUT2D eigenvalue weighted by molar-refractivity contribution is 14.0. The molecule has 0 saturated carbocycles. The number of hydrogen-bond acceptors (Lipinski definition) is 3. The van der Waals surface area contributed by atoms with Gasteiger partial charge in [-0.15, -0.1) is 24.0 Å². The number of rotatable bonds is 7. The minimum Gasteiger partial charge on any atom is -0.356 e. The Bertz CT molecular complexity index is 691. The number of hydrogen-bond donors (Lipinski definition) is 2. The van der Waals surface area contributed by atoms with Crippen LogP contribution in [0.25, 0.3) is 5.82 Å². The van der Waals surface area contributed by atoms with Gasteiger partial charge in [-0.1, -0.05) is 19.9 Å². The Morgan fingerprint density at radius 1 is 1.23 bits per heavy atom. The summed E-state index contributed by atoms with van der Waals surface area (Å²) in [6.45, 7) is 10.1. The molecular weight excluding hydrogens is 439 g/mol. The second-order valence-electron chi connectivity index (χ2n) is 6.75. The van der Waals surface area contributed by atoms with Crippen molar-refractivity contribution in [3.05, 3.63) is 41.3 Å². The first-order valence-electron chi connectivity index (χ1n) is 8.92. The fourth-order valence-electron chi connectivity index (χ4n) is 2.63. The maximum Gasteiger partial charge on any atom is 0.191 e. The van der Waals surface area contributed by atoms with Crippen molar-refractivity contribution in [2.45, 2.75) is 47.1 Å². The monoisotopic (exact) mass is 470 g/mol. The van der Waals surface area contributed by atoms with Crippen LogP contribution in [0.5, 0.6) is 0 Å².